The number of hydrogen-bond acceptors (Lipinski definition) is 3. The van der Waals surface area contributed by atoms with E-state index in [-0.39, 0.29) is 5.56 Å². The first kappa shape index (κ1) is 12.9. The Morgan fingerprint density at radius 1 is 1.33 bits per heavy atom. The van der Waals surface area contributed by atoms with Gasteiger partial charge >= 0.3 is 10.6 Å². The lowest BCUT2D eigenvalue weighted by atomic mass is 9.93. The third kappa shape index (κ3) is 1.61. The summed E-state index contributed by atoms with van der Waals surface area (Å²) >= 11 is 5.15. The number of hydrogen-bond donors (Lipinski definition) is 2. The highest BCUT2D eigenvalue weighted by Crippen LogP contribution is 2.35. The number of benzene rings is 1. The molecule has 1 aliphatic carbocycles. The van der Waals surface area contributed by atoms with E-state index >= 15 is 0 Å². The summed E-state index contributed by atoms with van der Waals surface area (Å²) in [7, 11) is -4.37. The van der Waals surface area contributed by atoms with Gasteiger partial charge in [-0.25, -0.2) is 8.42 Å². The number of fused-ring (bicyclic) bond motifs is 1. The van der Waals surface area contributed by atoms with Crippen LogP contribution in [0.2, 0.25) is 0 Å². The Bertz CT molecular complexity index is 679. The maximum Gasteiger partial charge on any atom is 0.345 e. The van der Waals surface area contributed by atoms with Gasteiger partial charge in [0, 0.05) is 11.6 Å². The molecule has 0 fully saturated rings. The minimum atomic E-state index is -4.37. The summed E-state index contributed by atoms with van der Waals surface area (Å²) in [6.45, 7) is 0. The fourth-order valence-corrected chi connectivity index (χ4v) is 3.12. The monoisotopic (exact) mass is 285 g/mol. The van der Waals surface area contributed by atoms with Crippen molar-refractivity contribution < 1.29 is 18.3 Å². The van der Waals surface area contributed by atoms with Crippen LogP contribution in [-0.2, 0) is 15.0 Å². The Kier molecular flexibility index (Phi) is 3.10. The Balaban J connectivity index is 2.86. The molecule has 1 unspecified atom stereocenters. The zero-order valence-corrected chi connectivity index (χ0v) is 10.5. The summed E-state index contributed by atoms with van der Waals surface area (Å²) in [4.78, 5) is 0.283. The highest BCUT2D eigenvalue weighted by atomic mass is 35.5. The maximum absolute atomic E-state index is 11.9. The third-order valence-electron chi connectivity index (χ3n) is 2.69. The first-order valence-electron chi connectivity index (χ1n) is 4.82. The highest BCUT2D eigenvalue weighted by molar-refractivity contribution is 7.92. The standard InChI is InChI=1S/C10H8ClN3O3S/c11-14-18(16,17)10(15)8-4-2-1-3-7(8)5-6-9(10)13-12/h1-6,14-15H. The lowest BCUT2D eigenvalue weighted by Gasteiger charge is -2.25. The quantitative estimate of drug-likeness (QED) is 0.472. The molecular formula is C10H8ClN3O3S. The second kappa shape index (κ2) is 4.31. The molecule has 18 heavy (non-hydrogen) atoms. The molecule has 6 nitrogen and oxygen atoms in total. The number of aliphatic hydroxyl groups is 1. The molecule has 94 valence electrons. The Morgan fingerprint density at radius 2 is 2.00 bits per heavy atom. The highest BCUT2D eigenvalue weighted by Gasteiger charge is 2.55. The van der Waals surface area contributed by atoms with Crippen LogP contribution in [0.3, 0.4) is 0 Å². The van der Waals surface area contributed by atoms with Crippen LogP contribution in [0.25, 0.3) is 11.6 Å². The van der Waals surface area contributed by atoms with Gasteiger partial charge in [0.15, 0.2) is 0 Å². The van der Waals surface area contributed by atoms with Crippen molar-refractivity contribution in [3.05, 3.63) is 47.0 Å². The number of rotatable bonds is 2. The number of nitrogens with one attached hydrogen (secondary N) is 1. The molecule has 0 aromatic heterocycles. The van der Waals surface area contributed by atoms with Crippen LogP contribution in [-0.4, -0.2) is 24.0 Å². The predicted octanol–water partition coefficient (Wildman–Crippen LogP) is 0.603. The van der Waals surface area contributed by atoms with Crippen molar-refractivity contribution in [2.24, 2.45) is 0 Å². The first-order chi connectivity index (χ1) is 8.47. The molecule has 1 atom stereocenters. The SMILES string of the molecule is [N-]=[N+]=C1C=Cc2ccccc2C1(O)S(=O)(=O)NCl. The van der Waals surface area contributed by atoms with Gasteiger partial charge < -0.3 is 10.6 Å². The first-order valence-corrected chi connectivity index (χ1v) is 6.68. The lowest BCUT2D eigenvalue weighted by Crippen LogP contribution is -2.48. The summed E-state index contributed by atoms with van der Waals surface area (Å²) in [5.41, 5.74) is 8.97. The smallest absolute Gasteiger partial charge is 0.345 e. The second-order valence-corrected chi connectivity index (χ2v) is 5.85. The minimum Gasteiger partial charge on any atom is -0.361 e. The summed E-state index contributed by atoms with van der Waals surface area (Å²) in [5.74, 6) is 0. The molecule has 1 aliphatic rings. The van der Waals surface area contributed by atoms with Gasteiger partial charge in [0.25, 0.3) is 10.0 Å². The molecule has 0 bridgehead atoms. The van der Waals surface area contributed by atoms with E-state index in [1.54, 1.807) is 18.2 Å². The van der Waals surface area contributed by atoms with Gasteiger partial charge in [0.05, 0.1) is 0 Å². The largest absolute Gasteiger partial charge is 0.361 e. The maximum atomic E-state index is 11.9. The zero-order valence-electron chi connectivity index (χ0n) is 8.91. The zero-order chi connectivity index (χ0) is 13.4. The van der Waals surface area contributed by atoms with Gasteiger partial charge in [0.1, 0.15) is 0 Å². The van der Waals surface area contributed by atoms with Crippen molar-refractivity contribution in [2.75, 3.05) is 0 Å². The molecule has 0 saturated heterocycles. The normalized spacial score (nSPS) is 22.4. The van der Waals surface area contributed by atoms with E-state index in [2.05, 4.69) is 4.79 Å². The van der Waals surface area contributed by atoms with E-state index in [1.807, 2.05) is 0 Å². The number of halogens is 1. The summed E-state index contributed by atoms with van der Waals surface area (Å²) < 4.78 is 25.3. The molecule has 0 radical (unpaired) electrons. The van der Waals surface area contributed by atoms with Crippen molar-refractivity contribution in [2.45, 2.75) is 4.93 Å². The minimum absolute atomic E-state index is 0.0634. The van der Waals surface area contributed by atoms with Gasteiger partial charge in [-0.2, -0.15) is 4.79 Å². The van der Waals surface area contributed by atoms with Crippen molar-refractivity contribution in [3.8, 4) is 0 Å². The summed E-state index contributed by atoms with van der Waals surface area (Å²) in [6, 6.07) is 6.28. The number of nitrogens with zero attached hydrogens (tertiary/aromatic N) is 2. The van der Waals surface area contributed by atoms with Crippen molar-refractivity contribution in [3.63, 3.8) is 0 Å². The van der Waals surface area contributed by atoms with Crippen molar-refractivity contribution >= 4 is 33.6 Å². The average molecular weight is 286 g/mol. The molecule has 2 N–H and O–H groups in total. The Hall–Kier alpha value is -1.50. The molecule has 0 saturated carbocycles. The average Bonchev–Trinajstić information content (AvgIpc) is 2.39. The van der Waals surface area contributed by atoms with E-state index in [9.17, 15) is 13.5 Å². The molecule has 1 aromatic carbocycles. The molecule has 0 heterocycles. The van der Waals surface area contributed by atoms with E-state index in [0.29, 0.717) is 5.56 Å². The van der Waals surface area contributed by atoms with Crippen LogP contribution in [0.15, 0.2) is 30.3 Å². The fourth-order valence-electron chi connectivity index (χ4n) is 1.81. The summed E-state index contributed by atoms with van der Waals surface area (Å²) in [6.07, 6.45) is 2.73. The lowest BCUT2D eigenvalue weighted by molar-refractivity contribution is -0.0243. The van der Waals surface area contributed by atoms with Gasteiger partial charge in [-0.05, 0) is 23.4 Å². The van der Waals surface area contributed by atoms with Crippen LogP contribution in [0.5, 0.6) is 0 Å². The van der Waals surface area contributed by atoms with Gasteiger partial charge in [-0.1, -0.05) is 24.3 Å². The van der Waals surface area contributed by atoms with Crippen LogP contribution in [0.4, 0.5) is 0 Å². The van der Waals surface area contributed by atoms with Gasteiger partial charge in [-0.15, -0.1) is 4.24 Å². The summed E-state index contributed by atoms with van der Waals surface area (Å²) in [5, 5.41) is 10.4. The molecule has 1 aromatic rings. The van der Waals surface area contributed by atoms with E-state index in [1.165, 1.54) is 22.5 Å². The van der Waals surface area contributed by atoms with Crippen LogP contribution >= 0.6 is 11.8 Å². The van der Waals surface area contributed by atoms with Crippen molar-refractivity contribution in [1.82, 2.24) is 4.24 Å². The van der Waals surface area contributed by atoms with E-state index in [0.717, 1.165) is 0 Å². The van der Waals surface area contributed by atoms with E-state index < -0.39 is 20.7 Å². The van der Waals surface area contributed by atoms with Gasteiger partial charge in [-0.3, -0.25) is 0 Å². The van der Waals surface area contributed by atoms with Crippen LogP contribution in [0.1, 0.15) is 11.1 Å². The van der Waals surface area contributed by atoms with Crippen LogP contribution in [0, 0.1) is 0 Å². The molecule has 2 rings (SSSR count). The molecule has 0 amide bonds. The van der Waals surface area contributed by atoms with E-state index in [4.69, 9.17) is 17.3 Å². The van der Waals surface area contributed by atoms with Crippen LogP contribution < -0.4 is 4.24 Å². The molecule has 0 spiro atoms. The third-order valence-corrected chi connectivity index (χ3v) is 4.71. The van der Waals surface area contributed by atoms with Crippen molar-refractivity contribution in [1.29, 1.82) is 0 Å². The topological polar surface area (TPSA) is 103 Å². The van der Waals surface area contributed by atoms with Gasteiger partial charge in [0.2, 0.25) is 0 Å². The Morgan fingerprint density at radius 3 is 2.61 bits per heavy atom. The second-order valence-electron chi connectivity index (χ2n) is 3.63. The predicted molar refractivity (Wildman–Crippen MR) is 65.9 cm³/mol. The molecular weight excluding hydrogens is 278 g/mol. The number of sulfonamides is 1. The Labute approximate surface area is 108 Å². The fraction of sp³-hybridized carbons (Fsp3) is 0.100. The molecule has 8 heteroatoms. The molecule has 0 aliphatic heterocycles.